The third kappa shape index (κ3) is 3.32. The minimum Gasteiger partial charge on any atom is -0.483 e. The Bertz CT molecular complexity index is 890. The molecule has 8 heteroatoms. The van der Waals surface area contributed by atoms with Crippen molar-refractivity contribution in [3.8, 4) is 5.75 Å². The first-order valence-corrected chi connectivity index (χ1v) is 7.22. The quantitative estimate of drug-likeness (QED) is 0.686. The molecule has 3 N–H and O–H groups in total. The molecule has 1 aromatic carbocycles. The van der Waals surface area contributed by atoms with Crippen molar-refractivity contribution in [1.29, 1.82) is 0 Å². The van der Waals surface area contributed by atoms with E-state index in [1.165, 1.54) is 6.07 Å². The van der Waals surface area contributed by atoms with Gasteiger partial charge in [-0.05, 0) is 24.3 Å². The number of nitrogens with zero attached hydrogens (tertiary/aromatic N) is 3. The van der Waals surface area contributed by atoms with E-state index in [-0.39, 0.29) is 30.4 Å². The molecule has 3 rings (SSSR count). The molecule has 2 amide bonds. The predicted molar refractivity (Wildman–Crippen MR) is 85.3 cm³/mol. The summed E-state index contributed by atoms with van der Waals surface area (Å²) in [6.07, 6.45) is 1.82. The Morgan fingerprint density at radius 2 is 1.92 bits per heavy atom. The summed E-state index contributed by atoms with van der Waals surface area (Å²) >= 11 is 0. The smallest absolute Gasteiger partial charge is 0.258 e. The van der Waals surface area contributed by atoms with Gasteiger partial charge in [0.15, 0.2) is 18.1 Å². The largest absolute Gasteiger partial charge is 0.483 e. The topological polar surface area (TPSA) is 112 Å². The highest BCUT2D eigenvalue weighted by molar-refractivity contribution is 5.95. The van der Waals surface area contributed by atoms with Gasteiger partial charge in [-0.3, -0.25) is 14.0 Å². The number of benzene rings is 1. The van der Waals surface area contributed by atoms with Crippen LogP contribution in [-0.4, -0.2) is 33.0 Å². The van der Waals surface area contributed by atoms with E-state index in [0.29, 0.717) is 11.5 Å². The van der Waals surface area contributed by atoms with Crippen LogP contribution >= 0.6 is 0 Å². The summed E-state index contributed by atoms with van der Waals surface area (Å²) in [7, 11) is 0. The van der Waals surface area contributed by atoms with Crippen LogP contribution in [-0.2, 0) is 11.3 Å². The summed E-state index contributed by atoms with van der Waals surface area (Å²) < 4.78 is 7.14. The number of carbonyl (C=O) groups excluding carboxylic acids is 2. The van der Waals surface area contributed by atoms with Crippen LogP contribution in [0.4, 0.5) is 0 Å². The molecule has 2 heterocycles. The first kappa shape index (κ1) is 15.5. The maximum Gasteiger partial charge on any atom is 0.258 e. The van der Waals surface area contributed by atoms with Crippen molar-refractivity contribution >= 4 is 17.5 Å². The fourth-order valence-electron chi connectivity index (χ4n) is 2.18. The molecule has 0 aliphatic rings. The molecule has 0 saturated carbocycles. The summed E-state index contributed by atoms with van der Waals surface area (Å²) in [4.78, 5) is 23.2. The SMILES string of the molecule is NC(=O)c1ccccc1OCC(=O)NCc1nnc2ccccn12. The van der Waals surface area contributed by atoms with Gasteiger partial charge in [0.2, 0.25) is 0 Å². The van der Waals surface area contributed by atoms with Crippen LogP contribution < -0.4 is 15.8 Å². The van der Waals surface area contributed by atoms with Crippen molar-refractivity contribution < 1.29 is 14.3 Å². The van der Waals surface area contributed by atoms with E-state index in [0.717, 1.165) is 0 Å². The molecule has 0 saturated heterocycles. The summed E-state index contributed by atoms with van der Waals surface area (Å²) in [6.45, 7) is -0.0220. The minimum atomic E-state index is -0.610. The zero-order valence-corrected chi connectivity index (χ0v) is 12.7. The Labute approximate surface area is 137 Å². The van der Waals surface area contributed by atoms with Gasteiger partial charge in [0.1, 0.15) is 5.75 Å². The highest BCUT2D eigenvalue weighted by Crippen LogP contribution is 2.16. The number of hydrogen-bond acceptors (Lipinski definition) is 5. The second-order valence-electron chi connectivity index (χ2n) is 4.97. The van der Waals surface area contributed by atoms with E-state index in [1.54, 1.807) is 22.6 Å². The molecule has 0 fully saturated rings. The molecule has 0 unspecified atom stereocenters. The minimum absolute atomic E-state index is 0.213. The maximum absolute atomic E-state index is 11.9. The summed E-state index contributed by atoms with van der Waals surface area (Å²) in [5.41, 5.74) is 6.19. The van der Waals surface area contributed by atoms with E-state index >= 15 is 0 Å². The zero-order chi connectivity index (χ0) is 16.9. The van der Waals surface area contributed by atoms with Crippen molar-refractivity contribution in [2.75, 3.05) is 6.61 Å². The average molecular weight is 325 g/mol. The molecule has 0 radical (unpaired) electrons. The Morgan fingerprint density at radius 1 is 1.12 bits per heavy atom. The molecular weight excluding hydrogens is 310 g/mol. The van der Waals surface area contributed by atoms with Gasteiger partial charge in [-0.2, -0.15) is 0 Å². The van der Waals surface area contributed by atoms with E-state index in [1.807, 2.05) is 24.4 Å². The lowest BCUT2D eigenvalue weighted by Crippen LogP contribution is -2.29. The van der Waals surface area contributed by atoms with Crippen LogP contribution in [0.1, 0.15) is 16.2 Å². The van der Waals surface area contributed by atoms with Crippen LogP contribution in [0.15, 0.2) is 48.7 Å². The third-order valence-electron chi connectivity index (χ3n) is 3.34. The Morgan fingerprint density at radius 3 is 2.75 bits per heavy atom. The Balaban J connectivity index is 1.58. The first-order valence-electron chi connectivity index (χ1n) is 7.22. The molecule has 0 aliphatic carbocycles. The van der Waals surface area contributed by atoms with E-state index < -0.39 is 5.91 Å². The highest BCUT2D eigenvalue weighted by atomic mass is 16.5. The maximum atomic E-state index is 11.9. The summed E-state index contributed by atoms with van der Waals surface area (Å²) in [5.74, 6) is -0.0764. The fraction of sp³-hybridized carbons (Fsp3) is 0.125. The second kappa shape index (κ2) is 6.78. The Kier molecular flexibility index (Phi) is 4.37. The third-order valence-corrected chi connectivity index (χ3v) is 3.34. The molecule has 0 atom stereocenters. The van der Waals surface area contributed by atoms with Crippen molar-refractivity contribution in [1.82, 2.24) is 19.9 Å². The van der Waals surface area contributed by atoms with Gasteiger partial charge < -0.3 is 15.8 Å². The van der Waals surface area contributed by atoms with Gasteiger partial charge >= 0.3 is 0 Å². The number of carbonyl (C=O) groups is 2. The van der Waals surface area contributed by atoms with Crippen molar-refractivity contribution in [2.45, 2.75) is 6.54 Å². The van der Waals surface area contributed by atoms with E-state index in [2.05, 4.69) is 15.5 Å². The lowest BCUT2D eigenvalue weighted by Gasteiger charge is -2.09. The average Bonchev–Trinajstić information content (AvgIpc) is 3.01. The molecule has 0 bridgehead atoms. The number of ether oxygens (including phenoxy) is 1. The monoisotopic (exact) mass is 325 g/mol. The van der Waals surface area contributed by atoms with Crippen molar-refractivity contribution in [2.24, 2.45) is 5.73 Å². The van der Waals surface area contributed by atoms with Crippen LogP contribution in [0.25, 0.3) is 5.65 Å². The highest BCUT2D eigenvalue weighted by Gasteiger charge is 2.11. The second-order valence-corrected chi connectivity index (χ2v) is 4.97. The zero-order valence-electron chi connectivity index (χ0n) is 12.7. The molecule has 2 aromatic heterocycles. The number of nitrogens with two attached hydrogens (primary N) is 1. The normalized spacial score (nSPS) is 10.5. The van der Waals surface area contributed by atoms with Gasteiger partial charge in [0, 0.05) is 6.20 Å². The van der Waals surface area contributed by atoms with E-state index in [4.69, 9.17) is 10.5 Å². The van der Waals surface area contributed by atoms with Crippen molar-refractivity contribution in [3.05, 3.63) is 60.0 Å². The number of fused-ring (bicyclic) bond motifs is 1. The van der Waals surface area contributed by atoms with E-state index in [9.17, 15) is 9.59 Å². The van der Waals surface area contributed by atoms with Crippen LogP contribution in [0.2, 0.25) is 0 Å². The molecule has 24 heavy (non-hydrogen) atoms. The van der Waals surface area contributed by atoms with Gasteiger partial charge in [-0.25, -0.2) is 0 Å². The van der Waals surface area contributed by atoms with Gasteiger partial charge in [0.05, 0.1) is 12.1 Å². The molecule has 122 valence electrons. The van der Waals surface area contributed by atoms with Crippen LogP contribution in [0.5, 0.6) is 5.75 Å². The standard InChI is InChI=1S/C16H15N5O3/c17-16(23)11-5-1-2-6-12(11)24-10-15(22)18-9-14-20-19-13-7-3-4-8-21(13)14/h1-8H,9-10H2,(H2,17,23)(H,18,22). The number of hydrogen-bond donors (Lipinski definition) is 2. The number of para-hydroxylation sites is 1. The lowest BCUT2D eigenvalue weighted by atomic mass is 10.2. The van der Waals surface area contributed by atoms with Gasteiger partial charge in [-0.15, -0.1) is 10.2 Å². The number of amides is 2. The number of primary amides is 1. The number of pyridine rings is 1. The molecule has 0 spiro atoms. The molecular formula is C16H15N5O3. The van der Waals surface area contributed by atoms with Crippen molar-refractivity contribution in [3.63, 3.8) is 0 Å². The molecule has 0 aliphatic heterocycles. The van der Waals surface area contributed by atoms with Crippen LogP contribution in [0, 0.1) is 0 Å². The first-order chi connectivity index (χ1) is 11.6. The summed E-state index contributed by atoms with van der Waals surface area (Å²) in [5, 5.41) is 10.7. The lowest BCUT2D eigenvalue weighted by molar-refractivity contribution is -0.123. The summed E-state index contributed by atoms with van der Waals surface area (Å²) in [6, 6.07) is 12.0. The van der Waals surface area contributed by atoms with Gasteiger partial charge in [-0.1, -0.05) is 18.2 Å². The van der Waals surface area contributed by atoms with Gasteiger partial charge in [0.25, 0.3) is 11.8 Å². The number of nitrogens with one attached hydrogen (secondary N) is 1. The molecule has 8 nitrogen and oxygen atoms in total. The Hall–Kier alpha value is -3.42. The molecule has 3 aromatic rings. The number of rotatable bonds is 6. The van der Waals surface area contributed by atoms with Crippen LogP contribution in [0.3, 0.4) is 0 Å². The predicted octanol–water partition coefficient (Wildman–Crippen LogP) is 0.523. The number of aromatic nitrogens is 3. The fourth-order valence-corrected chi connectivity index (χ4v) is 2.18.